The number of aliphatic hydroxyl groups is 1. The van der Waals surface area contributed by atoms with E-state index in [0.717, 1.165) is 6.42 Å². The van der Waals surface area contributed by atoms with Crippen LogP contribution in [0.3, 0.4) is 0 Å². The Labute approximate surface area is 150 Å². The van der Waals surface area contributed by atoms with Crippen LogP contribution in [0.2, 0.25) is 0 Å². The van der Waals surface area contributed by atoms with Crippen molar-refractivity contribution in [3.05, 3.63) is 0 Å². The molecule has 146 valence electrons. The summed E-state index contributed by atoms with van der Waals surface area (Å²) in [5.41, 5.74) is -0.0880. The largest absolute Gasteiger partial charge is 0.394 e. The molecule has 0 aromatic heterocycles. The Bertz CT molecular complexity index is 455. The van der Waals surface area contributed by atoms with Crippen LogP contribution in [0.15, 0.2) is 0 Å². The molecule has 6 heteroatoms. The molecule has 0 bridgehead atoms. The van der Waals surface area contributed by atoms with Crippen LogP contribution in [-0.4, -0.2) is 65.6 Å². The third-order valence-corrected chi connectivity index (χ3v) is 5.70. The first-order valence-corrected chi connectivity index (χ1v) is 9.57. The van der Waals surface area contributed by atoms with Crippen LogP contribution in [0.25, 0.3) is 0 Å². The minimum Gasteiger partial charge on any atom is -0.394 e. The highest BCUT2D eigenvalue weighted by atomic mass is 19.3. The Morgan fingerprint density at radius 1 is 1.24 bits per heavy atom. The molecular weight excluding hydrogens is 326 g/mol. The number of nitrogens with zero attached hydrogens (tertiary/aromatic N) is 2. The highest BCUT2D eigenvalue weighted by Crippen LogP contribution is 2.36. The first kappa shape index (κ1) is 20.6. The van der Waals surface area contributed by atoms with Crippen LogP contribution in [0.4, 0.5) is 8.78 Å². The Morgan fingerprint density at radius 3 is 2.32 bits per heavy atom. The number of aliphatic hydroxyl groups excluding tert-OH is 1. The summed E-state index contributed by atoms with van der Waals surface area (Å²) in [6, 6.07) is -0.192. The van der Waals surface area contributed by atoms with Crippen LogP contribution in [0.1, 0.15) is 53.4 Å². The maximum Gasteiger partial charge on any atom is 0.250 e. The number of rotatable bonds is 5. The molecule has 2 heterocycles. The lowest BCUT2D eigenvalue weighted by atomic mass is 9.87. The summed E-state index contributed by atoms with van der Waals surface area (Å²) in [7, 11) is 0. The molecule has 25 heavy (non-hydrogen) atoms. The Hall–Kier alpha value is -0.750. The predicted molar refractivity (Wildman–Crippen MR) is 94.6 cm³/mol. The average Bonchev–Trinajstić information content (AvgIpc) is 2.85. The second-order valence-electron chi connectivity index (χ2n) is 9.02. The van der Waals surface area contributed by atoms with Crippen LogP contribution in [0.5, 0.6) is 0 Å². The highest BCUT2D eigenvalue weighted by Gasteiger charge is 2.44. The third kappa shape index (κ3) is 5.36. The number of carbonyl (C=O) groups excluding carboxylic acids is 1. The van der Waals surface area contributed by atoms with Gasteiger partial charge in [-0.25, -0.2) is 8.78 Å². The van der Waals surface area contributed by atoms with Gasteiger partial charge in [0.05, 0.1) is 12.6 Å². The number of amides is 1. The van der Waals surface area contributed by atoms with Gasteiger partial charge >= 0.3 is 0 Å². The topological polar surface area (TPSA) is 43.8 Å². The second-order valence-corrected chi connectivity index (χ2v) is 9.02. The zero-order chi connectivity index (χ0) is 18.8. The maximum atomic E-state index is 13.4. The van der Waals surface area contributed by atoms with Crippen LogP contribution in [0, 0.1) is 17.3 Å². The zero-order valence-corrected chi connectivity index (χ0v) is 16.1. The Kier molecular flexibility index (Phi) is 6.47. The van der Waals surface area contributed by atoms with E-state index >= 15 is 0 Å². The molecule has 0 aromatic rings. The molecule has 1 N–H and O–H groups in total. The standard InChI is InChI=1S/C19H34F2N2O2/c1-5-14-11-23(17(25)10-18(2,3)4)16(13-24)15(14)12-22-8-6-19(20,21)7-9-22/h14-16,24H,5-13H2,1-4H3/t14-,15-,16-/m1/s1. The molecule has 2 rings (SSSR count). The van der Waals surface area contributed by atoms with Crippen LogP contribution < -0.4 is 0 Å². The van der Waals surface area contributed by atoms with Crippen LogP contribution in [-0.2, 0) is 4.79 Å². The molecule has 0 aromatic carbocycles. The number of hydrogen-bond acceptors (Lipinski definition) is 3. The van der Waals surface area contributed by atoms with E-state index in [0.29, 0.717) is 38.5 Å². The summed E-state index contributed by atoms with van der Waals surface area (Å²) >= 11 is 0. The Balaban J connectivity index is 2.04. The van der Waals surface area contributed by atoms with E-state index in [-0.39, 0.29) is 42.7 Å². The number of alkyl halides is 2. The smallest absolute Gasteiger partial charge is 0.250 e. The minimum atomic E-state index is -2.54. The molecule has 1 amide bonds. The molecule has 2 aliphatic rings. The molecule has 0 aliphatic carbocycles. The molecule has 0 unspecified atom stereocenters. The van der Waals surface area contributed by atoms with Gasteiger partial charge in [0.15, 0.2) is 0 Å². The van der Waals surface area contributed by atoms with Crippen molar-refractivity contribution in [2.45, 2.75) is 65.3 Å². The molecule has 2 fully saturated rings. The van der Waals surface area contributed by atoms with E-state index in [4.69, 9.17) is 0 Å². The molecule has 4 nitrogen and oxygen atoms in total. The van der Waals surface area contributed by atoms with Crippen molar-refractivity contribution in [3.63, 3.8) is 0 Å². The molecule has 0 saturated carbocycles. The third-order valence-electron chi connectivity index (χ3n) is 5.70. The van der Waals surface area contributed by atoms with Crippen molar-refractivity contribution >= 4 is 5.91 Å². The van der Waals surface area contributed by atoms with Crippen molar-refractivity contribution in [2.75, 3.05) is 32.8 Å². The summed E-state index contributed by atoms with van der Waals surface area (Å²) < 4.78 is 26.8. The summed E-state index contributed by atoms with van der Waals surface area (Å²) in [5, 5.41) is 9.95. The van der Waals surface area contributed by atoms with Crippen molar-refractivity contribution in [3.8, 4) is 0 Å². The maximum absolute atomic E-state index is 13.4. The van der Waals surface area contributed by atoms with Gasteiger partial charge in [-0.1, -0.05) is 34.1 Å². The lowest BCUT2D eigenvalue weighted by Gasteiger charge is -2.36. The van der Waals surface area contributed by atoms with Gasteiger partial charge in [-0.2, -0.15) is 0 Å². The molecule has 2 saturated heterocycles. The van der Waals surface area contributed by atoms with Gasteiger partial charge in [-0.15, -0.1) is 0 Å². The van der Waals surface area contributed by atoms with Crippen molar-refractivity contribution < 1.29 is 18.7 Å². The first-order valence-electron chi connectivity index (χ1n) is 9.57. The quantitative estimate of drug-likeness (QED) is 0.820. The number of piperidine rings is 1. The van der Waals surface area contributed by atoms with Crippen LogP contribution >= 0.6 is 0 Å². The zero-order valence-electron chi connectivity index (χ0n) is 16.1. The minimum absolute atomic E-state index is 0.0545. The molecule has 0 spiro atoms. The molecule has 3 atom stereocenters. The number of carbonyl (C=O) groups is 1. The van der Waals surface area contributed by atoms with Gasteiger partial charge in [0.2, 0.25) is 5.91 Å². The molecule has 0 radical (unpaired) electrons. The lowest BCUT2D eigenvalue weighted by Crippen LogP contribution is -2.47. The lowest BCUT2D eigenvalue weighted by molar-refractivity contribution is -0.135. The molecular formula is C19H34F2N2O2. The summed E-state index contributed by atoms with van der Waals surface area (Å²) in [6.45, 7) is 10.3. The van der Waals surface area contributed by atoms with E-state index in [1.165, 1.54) is 0 Å². The summed E-state index contributed by atoms with van der Waals surface area (Å²) in [6.07, 6.45) is 1.22. The van der Waals surface area contributed by atoms with E-state index in [9.17, 15) is 18.7 Å². The fraction of sp³-hybridized carbons (Fsp3) is 0.947. The van der Waals surface area contributed by atoms with E-state index < -0.39 is 5.92 Å². The monoisotopic (exact) mass is 360 g/mol. The fourth-order valence-electron chi connectivity index (χ4n) is 4.21. The van der Waals surface area contributed by atoms with Crippen molar-refractivity contribution in [1.29, 1.82) is 0 Å². The predicted octanol–water partition coefficient (Wildman–Crippen LogP) is 3.00. The normalized spacial score (nSPS) is 30.7. The second kappa shape index (κ2) is 7.87. The molecule has 2 aliphatic heterocycles. The van der Waals surface area contributed by atoms with Gasteiger partial charge in [0, 0.05) is 45.4 Å². The highest BCUT2D eigenvalue weighted by molar-refractivity contribution is 5.77. The van der Waals surface area contributed by atoms with Gasteiger partial charge in [0.25, 0.3) is 5.92 Å². The summed E-state index contributed by atoms with van der Waals surface area (Å²) in [4.78, 5) is 16.7. The number of likely N-dealkylation sites (tertiary alicyclic amines) is 2. The number of halogens is 2. The van der Waals surface area contributed by atoms with E-state index in [1.807, 2.05) is 25.7 Å². The van der Waals surface area contributed by atoms with Gasteiger partial charge < -0.3 is 14.9 Å². The van der Waals surface area contributed by atoms with Crippen molar-refractivity contribution in [2.24, 2.45) is 17.3 Å². The first-order chi connectivity index (χ1) is 11.6. The van der Waals surface area contributed by atoms with Gasteiger partial charge in [-0.3, -0.25) is 4.79 Å². The summed E-state index contributed by atoms with van der Waals surface area (Å²) in [5.74, 6) is -1.96. The van der Waals surface area contributed by atoms with E-state index in [1.54, 1.807) is 0 Å². The Morgan fingerprint density at radius 2 is 1.84 bits per heavy atom. The average molecular weight is 360 g/mol. The van der Waals surface area contributed by atoms with E-state index in [2.05, 4.69) is 11.8 Å². The fourth-order valence-corrected chi connectivity index (χ4v) is 4.21. The number of hydrogen-bond donors (Lipinski definition) is 1. The van der Waals surface area contributed by atoms with Gasteiger partial charge in [0.1, 0.15) is 0 Å². The van der Waals surface area contributed by atoms with Gasteiger partial charge in [-0.05, 0) is 17.3 Å². The SMILES string of the molecule is CC[C@@H]1CN(C(=O)CC(C)(C)C)[C@H](CO)[C@@H]1CN1CCC(F)(F)CC1. The van der Waals surface area contributed by atoms with Crippen molar-refractivity contribution in [1.82, 2.24) is 9.80 Å².